The first kappa shape index (κ1) is 15.8. The van der Waals surface area contributed by atoms with Crippen LogP contribution in [0.5, 0.6) is 0 Å². The summed E-state index contributed by atoms with van der Waals surface area (Å²) in [6.07, 6.45) is 10.5. The van der Waals surface area contributed by atoms with Gasteiger partial charge in [0, 0.05) is 12.6 Å². The molecule has 4 heteroatoms. The zero-order valence-corrected chi connectivity index (χ0v) is 12.7. The molecule has 2 rings (SSSR count). The third kappa shape index (κ3) is 4.74. The highest BCUT2D eigenvalue weighted by Crippen LogP contribution is 2.29. The van der Waals surface area contributed by atoms with Crippen LogP contribution in [0.3, 0.4) is 0 Å². The predicted octanol–water partition coefficient (Wildman–Crippen LogP) is 2.35. The van der Waals surface area contributed by atoms with Crippen molar-refractivity contribution in [3.05, 3.63) is 0 Å². The van der Waals surface area contributed by atoms with E-state index in [0.717, 1.165) is 19.3 Å². The van der Waals surface area contributed by atoms with Gasteiger partial charge in [0.05, 0.1) is 19.8 Å². The number of aliphatic hydroxyl groups is 1. The fourth-order valence-corrected chi connectivity index (χ4v) is 3.82. The van der Waals surface area contributed by atoms with Crippen LogP contribution in [0.1, 0.15) is 57.8 Å². The Kier molecular flexibility index (Phi) is 6.30. The Morgan fingerprint density at radius 3 is 2.40 bits per heavy atom. The number of hydrogen-bond acceptors (Lipinski definition) is 4. The van der Waals surface area contributed by atoms with Crippen molar-refractivity contribution in [2.24, 2.45) is 5.92 Å². The van der Waals surface area contributed by atoms with Crippen molar-refractivity contribution in [3.63, 3.8) is 0 Å². The molecule has 1 N–H and O–H groups in total. The molecule has 0 saturated heterocycles. The summed E-state index contributed by atoms with van der Waals surface area (Å²) in [5.74, 6) is 0.499. The van der Waals surface area contributed by atoms with Crippen molar-refractivity contribution in [2.75, 3.05) is 20.2 Å². The van der Waals surface area contributed by atoms with E-state index < -0.39 is 0 Å². The highest BCUT2D eigenvalue weighted by Gasteiger charge is 2.27. The molecule has 2 aliphatic rings. The second kappa shape index (κ2) is 7.99. The maximum Gasteiger partial charge on any atom is 0.319 e. The quantitative estimate of drug-likeness (QED) is 0.729. The van der Waals surface area contributed by atoms with Crippen LogP contribution in [0.4, 0.5) is 0 Å². The molecule has 1 atom stereocenters. The van der Waals surface area contributed by atoms with Crippen LogP contribution in [0.2, 0.25) is 0 Å². The summed E-state index contributed by atoms with van der Waals surface area (Å²) in [5, 5.41) is 10.3. The minimum absolute atomic E-state index is 0.190. The van der Waals surface area contributed by atoms with Crippen molar-refractivity contribution < 1.29 is 14.6 Å². The number of hydrogen-bond donors (Lipinski definition) is 1. The standard InChI is InChI=1S/C16H29NO3/c1-20-16(19)12-17(14-8-4-5-9-14)11-15(18)10-13-6-2-3-7-13/h13-15,18H,2-12H2,1H3. The lowest BCUT2D eigenvalue weighted by molar-refractivity contribution is -0.142. The Morgan fingerprint density at radius 1 is 1.20 bits per heavy atom. The zero-order valence-electron chi connectivity index (χ0n) is 12.7. The van der Waals surface area contributed by atoms with Crippen LogP contribution >= 0.6 is 0 Å². The number of carbonyl (C=O) groups is 1. The maximum absolute atomic E-state index is 11.6. The molecule has 0 aromatic carbocycles. The molecule has 0 aromatic rings. The van der Waals surface area contributed by atoms with E-state index in [2.05, 4.69) is 4.90 Å². The van der Waals surface area contributed by atoms with E-state index in [1.807, 2.05) is 0 Å². The van der Waals surface area contributed by atoms with Crippen LogP contribution in [0.15, 0.2) is 0 Å². The molecule has 0 bridgehead atoms. The predicted molar refractivity (Wildman–Crippen MR) is 78.4 cm³/mol. The lowest BCUT2D eigenvalue weighted by Crippen LogP contribution is -2.43. The third-order valence-corrected chi connectivity index (χ3v) is 4.93. The van der Waals surface area contributed by atoms with Gasteiger partial charge in [0.25, 0.3) is 0 Å². The molecular formula is C16H29NO3. The highest BCUT2D eigenvalue weighted by atomic mass is 16.5. The molecule has 0 spiro atoms. The van der Waals surface area contributed by atoms with Gasteiger partial charge in [0.15, 0.2) is 0 Å². The van der Waals surface area contributed by atoms with E-state index in [1.54, 1.807) is 0 Å². The SMILES string of the molecule is COC(=O)CN(CC(O)CC1CCCC1)C1CCCC1. The molecule has 1 unspecified atom stereocenters. The number of nitrogens with zero attached hydrogens (tertiary/aromatic N) is 1. The van der Waals surface area contributed by atoms with Gasteiger partial charge in [-0.1, -0.05) is 38.5 Å². The number of esters is 1. The van der Waals surface area contributed by atoms with Crippen molar-refractivity contribution in [2.45, 2.75) is 69.9 Å². The van der Waals surface area contributed by atoms with Crippen LogP contribution in [0.25, 0.3) is 0 Å². The molecule has 4 nitrogen and oxygen atoms in total. The van der Waals surface area contributed by atoms with E-state index in [9.17, 15) is 9.90 Å². The number of rotatable bonds is 7. The number of carbonyl (C=O) groups excluding carboxylic acids is 1. The first-order valence-corrected chi connectivity index (χ1v) is 8.18. The lowest BCUT2D eigenvalue weighted by Gasteiger charge is -2.30. The molecule has 116 valence electrons. The molecule has 0 aliphatic heterocycles. The molecule has 2 aliphatic carbocycles. The summed E-state index contributed by atoms with van der Waals surface area (Å²) in [5.41, 5.74) is 0. The molecule has 2 fully saturated rings. The molecule has 0 aromatic heterocycles. The molecular weight excluding hydrogens is 254 g/mol. The first-order valence-electron chi connectivity index (χ1n) is 8.18. The average Bonchev–Trinajstić information content (AvgIpc) is 3.10. The van der Waals surface area contributed by atoms with E-state index >= 15 is 0 Å². The highest BCUT2D eigenvalue weighted by molar-refractivity contribution is 5.71. The van der Waals surface area contributed by atoms with Crippen LogP contribution in [0, 0.1) is 5.92 Å². The first-order chi connectivity index (χ1) is 9.69. The van der Waals surface area contributed by atoms with E-state index in [4.69, 9.17) is 4.74 Å². The average molecular weight is 283 g/mol. The summed E-state index contributed by atoms with van der Waals surface area (Å²) in [6.45, 7) is 0.944. The number of ether oxygens (including phenoxy) is 1. The Labute approximate surface area is 122 Å². The minimum atomic E-state index is -0.302. The Morgan fingerprint density at radius 2 is 1.80 bits per heavy atom. The van der Waals surface area contributed by atoms with Crippen LogP contribution in [-0.2, 0) is 9.53 Å². The summed E-state index contributed by atoms with van der Waals surface area (Å²) in [6, 6.07) is 0.451. The van der Waals surface area contributed by atoms with Crippen molar-refractivity contribution in [1.29, 1.82) is 0 Å². The van der Waals surface area contributed by atoms with Gasteiger partial charge >= 0.3 is 5.97 Å². The van der Waals surface area contributed by atoms with Crippen LogP contribution < -0.4 is 0 Å². The van der Waals surface area contributed by atoms with E-state index in [0.29, 0.717) is 25.0 Å². The van der Waals surface area contributed by atoms with Gasteiger partial charge in [-0.3, -0.25) is 9.69 Å². The van der Waals surface area contributed by atoms with Gasteiger partial charge in [-0.05, 0) is 25.2 Å². The van der Waals surface area contributed by atoms with Gasteiger partial charge in [-0.2, -0.15) is 0 Å². The smallest absolute Gasteiger partial charge is 0.319 e. The molecule has 20 heavy (non-hydrogen) atoms. The Hall–Kier alpha value is -0.610. The summed E-state index contributed by atoms with van der Waals surface area (Å²) in [7, 11) is 1.43. The van der Waals surface area contributed by atoms with Crippen molar-refractivity contribution in [1.82, 2.24) is 4.90 Å². The Bertz CT molecular complexity index is 296. The van der Waals surface area contributed by atoms with Gasteiger partial charge in [0.2, 0.25) is 0 Å². The molecule has 0 amide bonds. The minimum Gasteiger partial charge on any atom is -0.468 e. The van der Waals surface area contributed by atoms with Crippen molar-refractivity contribution >= 4 is 5.97 Å². The fraction of sp³-hybridized carbons (Fsp3) is 0.938. The van der Waals surface area contributed by atoms with E-state index in [1.165, 1.54) is 45.6 Å². The second-order valence-corrected chi connectivity index (χ2v) is 6.48. The van der Waals surface area contributed by atoms with Gasteiger partial charge in [-0.25, -0.2) is 0 Å². The maximum atomic E-state index is 11.6. The second-order valence-electron chi connectivity index (χ2n) is 6.48. The zero-order chi connectivity index (χ0) is 14.4. The Balaban J connectivity index is 1.83. The topological polar surface area (TPSA) is 49.8 Å². The third-order valence-electron chi connectivity index (χ3n) is 4.93. The lowest BCUT2D eigenvalue weighted by atomic mass is 9.99. The van der Waals surface area contributed by atoms with E-state index in [-0.39, 0.29) is 12.1 Å². The molecule has 2 saturated carbocycles. The van der Waals surface area contributed by atoms with Gasteiger partial charge in [0.1, 0.15) is 0 Å². The molecule has 0 heterocycles. The summed E-state index contributed by atoms with van der Waals surface area (Å²) >= 11 is 0. The summed E-state index contributed by atoms with van der Waals surface area (Å²) in [4.78, 5) is 13.7. The number of methoxy groups -OCH3 is 1. The van der Waals surface area contributed by atoms with Crippen LogP contribution in [-0.4, -0.2) is 48.3 Å². The summed E-state index contributed by atoms with van der Waals surface area (Å²) < 4.78 is 4.79. The van der Waals surface area contributed by atoms with Gasteiger partial charge < -0.3 is 9.84 Å². The number of aliphatic hydroxyl groups excluding tert-OH is 1. The largest absolute Gasteiger partial charge is 0.468 e. The van der Waals surface area contributed by atoms with Crippen molar-refractivity contribution in [3.8, 4) is 0 Å². The molecule has 0 radical (unpaired) electrons. The fourth-order valence-electron chi connectivity index (χ4n) is 3.82. The van der Waals surface area contributed by atoms with Gasteiger partial charge in [-0.15, -0.1) is 0 Å². The monoisotopic (exact) mass is 283 g/mol. The normalized spacial score (nSPS) is 22.6.